The largest absolute Gasteiger partial charge is 0.508 e. The highest BCUT2D eigenvalue weighted by Gasteiger charge is 2.21. The van der Waals surface area contributed by atoms with E-state index in [1.165, 1.54) is 42.5 Å². The van der Waals surface area contributed by atoms with E-state index in [4.69, 9.17) is 5.11 Å². The molecule has 0 fully saturated rings. The zero-order chi connectivity index (χ0) is 14.0. The molecule has 0 unspecified atom stereocenters. The summed E-state index contributed by atoms with van der Waals surface area (Å²) in [5, 5.41) is 28.0. The quantitative estimate of drug-likeness (QED) is 0.732. The molecule has 0 atom stereocenters. The van der Waals surface area contributed by atoms with Crippen LogP contribution in [0.3, 0.4) is 0 Å². The van der Waals surface area contributed by atoms with Gasteiger partial charge < -0.3 is 15.3 Å². The molecule has 0 spiro atoms. The third kappa shape index (κ3) is 2.40. The number of ketones is 1. The average Bonchev–Trinajstić information content (AvgIpc) is 2.37. The van der Waals surface area contributed by atoms with Crippen molar-refractivity contribution < 1.29 is 24.9 Å². The molecular weight excluding hydrogens is 248 g/mol. The van der Waals surface area contributed by atoms with Crippen LogP contribution in [0, 0.1) is 0 Å². The Balaban J connectivity index is 2.59. The number of phenolic OH excluding ortho intramolecular Hbond substituents is 2. The van der Waals surface area contributed by atoms with E-state index in [0.717, 1.165) is 0 Å². The molecule has 0 aliphatic rings. The topological polar surface area (TPSA) is 94.8 Å². The summed E-state index contributed by atoms with van der Waals surface area (Å²) in [6, 6.07) is 9.31. The third-order valence-corrected chi connectivity index (χ3v) is 2.61. The highest BCUT2D eigenvalue weighted by atomic mass is 16.4. The van der Waals surface area contributed by atoms with Crippen LogP contribution in [0.1, 0.15) is 26.3 Å². The molecule has 0 saturated heterocycles. The van der Waals surface area contributed by atoms with Gasteiger partial charge in [0.1, 0.15) is 11.5 Å². The second-order valence-electron chi connectivity index (χ2n) is 3.88. The van der Waals surface area contributed by atoms with Crippen molar-refractivity contribution in [2.24, 2.45) is 0 Å². The maximum absolute atomic E-state index is 12.2. The molecule has 0 aliphatic heterocycles. The Morgan fingerprint density at radius 3 is 2.26 bits per heavy atom. The summed E-state index contributed by atoms with van der Waals surface area (Å²) in [5.74, 6) is -2.49. The molecule has 3 N–H and O–H groups in total. The van der Waals surface area contributed by atoms with Gasteiger partial charge in [-0.3, -0.25) is 4.79 Å². The zero-order valence-corrected chi connectivity index (χ0v) is 9.70. The molecule has 0 amide bonds. The van der Waals surface area contributed by atoms with Gasteiger partial charge in [0.2, 0.25) is 0 Å². The third-order valence-electron chi connectivity index (χ3n) is 2.61. The van der Waals surface area contributed by atoms with E-state index in [-0.39, 0.29) is 22.4 Å². The molecule has 5 heteroatoms. The van der Waals surface area contributed by atoms with Crippen LogP contribution in [-0.2, 0) is 0 Å². The van der Waals surface area contributed by atoms with Crippen molar-refractivity contribution in [3.05, 3.63) is 59.2 Å². The molecular formula is C14H10O5. The smallest absolute Gasteiger partial charge is 0.336 e. The number of hydrogen-bond donors (Lipinski definition) is 3. The molecule has 2 aromatic carbocycles. The van der Waals surface area contributed by atoms with Gasteiger partial charge in [0, 0.05) is 5.56 Å². The number of phenols is 2. The number of carbonyl (C=O) groups is 2. The van der Waals surface area contributed by atoms with Gasteiger partial charge in [-0.25, -0.2) is 4.79 Å². The summed E-state index contributed by atoms with van der Waals surface area (Å²) in [5.41, 5.74) is -0.474. The first-order chi connectivity index (χ1) is 9.00. The van der Waals surface area contributed by atoms with Crippen LogP contribution >= 0.6 is 0 Å². The van der Waals surface area contributed by atoms with E-state index in [1.54, 1.807) is 0 Å². The highest BCUT2D eigenvalue weighted by molar-refractivity contribution is 6.15. The average molecular weight is 258 g/mol. The number of hydrogen-bond acceptors (Lipinski definition) is 4. The molecule has 0 bridgehead atoms. The minimum atomic E-state index is -1.31. The van der Waals surface area contributed by atoms with Crippen molar-refractivity contribution in [3.8, 4) is 11.5 Å². The van der Waals surface area contributed by atoms with Crippen molar-refractivity contribution in [1.82, 2.24) is 0 Å². The molecule has 96 valence electrons. The monoisotopic (exact) mass is 258 g/mol. The number of rotatable bonds is 3. The van der Waals surface area contributed by atoms with E-state index < -0.39 is 17.5 Å². The van der Waals surface area contributed by atoms with Crippen molar-refractivity contribution in [1.29, 1.82) is 0 Å². The number of carboxylic acids is 1. The van der Waals surface area contributed by atoms with Gasteiger partial charge in [-0.05, 0) is 24.3 Å². The van der Waals surface area contributed by atoms with E-state index in [9.17, 15) is 19.8 Å². The molecule has 19 heavy (non-hydrogen) atoms. The molecule has 2 aromatic rings. The summed E-state index contributed by atoms with van der Waals surface area (Å²) in [6.45, 7) is 0. The number of carboxylic acid groups (broad SMARTS) is 1. The Morgan fingerprint density at radius 1 is 0.947 bits per heavy atom. The van der Waals surface area contributed by atoms with Crippen LogP contribution in [0.25, 0.3) is 0 Å². The lowest BCUT2D eigenvalue weighted by Crippen LogP contribution is -2.09. The van der Waals surface area contributed by atoms with Gasteiger partial charge >= 0.3 is 5.97 Å². The van der Waals surface area contributed by atoms with Gasteiger partial charge in [-0.2, -0.15) is 0 Å². The lowest BCUT2D eigenvalue weighted by Gasteiger charge is -2.07. The molecule has 5 nitrogen and oxygen atoms in total. The number of benzene rings is 2. The van der Waals surface area contributed by atoms with Crippen LogP contribution in [0.5, 0.6) is 11.5 Å². The summed E-state index contributed by atoms with van der Waals surface area (Å²) in [4.78, 5) is 23.3. The fraction of sp³-hybridized carbons (Fsp3) is 0. The molecule has 0 radical (unpaired) electrons. The Labute approximate surface area is 108 Å². The van der Waals surface area contributed by atoms with Crippen LogP contribution in [0.2, 0.25) is 0 Å². The molecule has 0 aromatic heterocycles. The highest BCUT2D eigenvalue weighted by Crippen LogP contribution is 2.25. The van der Waals surface area contributed by atoms with E-state index >= 15 is 0 Å². The Kier molecular flexibility index (Phi) is 3.20. The molecule has 0 heterocycles. The number of carbonyl (C=O) groups excluding carboxylic acids is 1. The van der Waals surface area contributed by atoms with E-state index in [0.29, 0.717) is 0 Å². The SMILES string of the molecule is O=C(O)c1cccc(O)c1C(=O)c1cccc(O)c1. The van der Waals surface area contributed by atoms with E-state index in [2.05, 4.69) is 0 Å². The summed E-state index contributed by atoms with van der Waals surface area (Å²) in [6.07, 6.45) is 0. The fourth-order valence-corrected chi connectivity index (χ4v) is 1.75. The van der Waals surface area contributed by atoms with Crippen molar-refractivity contribution in [3.63, 3.8) is 0 Å². The Bertz CT molecular complexity index is 661. The van der Waals surface area contributed by atoms with Crippen molar-refractivity contribution in [2.45, 2.75) is 0 Å². The minimum absolute atomic E-state index is 0.101. The summed E-state index contributed by atoms with van der Waals surface area (Å²) >= 11 is 0. The van der Waals surface area contributed by atoms with Gasteiger partial charge in [0.05, 0.1) is 11.1 Å². The first-order valence-electron chi connectivity index (χ1n) is 5.39. The maximum Gasteiger partial charge on any atom is 0.336 e. The molecule has 0 aliphatic carbocycles. The predicted octanol–water partition coefficient (Wildman–Crippen LogP) is 2.03. The van der Waals surface area contributed by atoms with Crippen LogP contribution in [0.4, 0.5) is 0 Å². The predicted molar refractivity (Wildman–Crippen MR) is 66.6 cm³/mol. The first kappa shape index (κ1) is 12.6. The van der Waals surface area contributed by atoms with Crippen molar-refractivity contribution in [2.75, 3.05) is 0 Å². The second-order valence-corrected chi connectivity index (χ2v) is 3.88. The maximum atomic E-state index is 12.2. The summed E-state index contributed by atoms with van der Waals surface area (Å²) < 4.78 is 0. The lowest BCUT2D eigenvalue weighted by atomic mass is 9.97. The Hall–Kier alpha value is -2.82. The standard InChI is InChI=1S/C14H10O5/c15-9-4-1-3-8(7-9)13(17)12-10(14(18)19)5-2-6-11(12)16/h1-7,15-16H,(H,18,19). The Morgan fingerprint density at radius 2 is 1.63 bits per heavy atom. The van der Waals surface area contributed by atoms with Crippen LogP contribution in [0.15, 0.2) is 42.5 Å². The van der Waals surface area contributed by atoms with Gasteiger partial charge in [-0.1, -0.05) is 18.2 Å². The minimum Gasteiger partial charge on any atom is -0.508 e. The van der Waals surface area contributed by atoms with Crippen LogP contribution < -0.4 is 0 Å². The number of aromatic hydroxyl groups is 2. The first-order valence-corrected chi connectivity index (χ1v) is 5.39. The van der Waals surface area contributed by atoms with Crippen molar-refractivity contribution >= 4 is 11.8 Å². The van der Waals surface area contributed by atoms with Crippen LogP contribution in [-0.4, -0.2) is 27.1 Å². The zero-order valence-electron chi connectivity index (χ0n) is 9.70. The van der Waals surface area contributed by atoms with E-state index in [1.807, 2.05) is 0 Å². The second kappa shape index (κ2) is 4.81. The van der Waals surface area contributed by atoms with Gasteiger partial charge in [0.25, 0.3) is 0 Å². The fourth-order valence-electron chi connectivity index (χ4n) is 1.75. The lowest BCUT2D eigenvalue weighted by molar-refractivity contribution is 0.0692. The molecule has 0 saturated carbocycles. The van der Waals surface area contributed by atoms with Gasteiger partial charge in [-0.15, -0.1) is 0 Å². The summed E-state index contributed by atoms with van der Waals surface area (Å²) in [7, 11) is 0. The molecule has 2 rings (SSSR count). The number of aromatic carboxylic acids is 1. The normalized spacial score (nSPS) is 10.1. The van der Waals surface area contributed by atoms with Gasteiger partial charge in [0.15, 0.2) is 5.78 Å².